The number of ether oxygens (including phenoxy) is 3. The number of rotatable bonds is 67. The van der Waals surface area contributed by atoms with Gasteiger partial charge in [0.25, 0.3) is 0 Å². The number of carbonyl (C=O) groups is 3. The third kappa shape index (κ3) is 65.1. The van der Waals surface area contributed by atoms with Crippen LogP contribution in [0, 0.1) is 0 Å². The lowest BCUT2D eigenvalue weighted by atomic mass is 10.0. The van der Waals surface area contributed by atoms with E-state index in [2.05, 4.69) is 20.8 Å². The molecule has 0 heterocycles. The Kier molecular flexibility index (Phi) is 65.5. The van der Waals surface area contributed by atoms with Gasteiger partial charge in [-0.3, -0.25) is 14.4 Å². The first-order valence-electron chi connectivity index (χ1n) is 35.5. The molecule has 0 aromatic carbocycles. The van der Waals surface area contributed by atoms with Crippen LogP contribution in [0.15, 0.2) is 0 Å². The van der Waals surface area contributed by atoms with Gasteiger partial charge in [0, 0.05) is 19.3 Å². The maximum absolute atomic E-state index is 12.9. The highest BCUT2D eigenvalue weighted by atomic mass is 16.6. The average molecular weight is 1090 g/mol. The average Bonchev–Trinajstić information content (AvgIpc) is 3.43. The van der Waals surface area contributed by atoms with E-state index in [1.807, 2.05) is 0 Å². The van der Waals surface area contributed by atoms with Crippen molar-refractivity contribution in [1.29, 1.82) is 0 Å². The molecule has 77 heavy (non-hydrogen) atoms. The van der Waals surface area contributed by atoms with Crippen LogP contribution in [0.5, 0.6) is 0 Å². The lowest BCUT2D eigenvalue weighted by Crippen LogP contribution is -2.30. The molecular weight excluding hydrogens is 949 g/mol. The van der Waals surface area contributed by atoms with Gasteiger partial charge >= 0.3 is 17.9 Å². The summed E-state index contributed by atoms with van der Waals surface area (Å²) in [6.07, 6.45) is 79.0. The van der Waals surface area contributed by atoms with Crippen LogP contribution >= 0.6 is 0 Å². The highest BCUT2D eigenvalue weighted by Crippen LogP contribution is 2.20. The zero-order valence-corrected chi connectivity index (χ0v) is 52.8. The van der Waals surface area contributed by atoms with E-state index in [4.69, 9.17) is 14.2 Å². The lowest BCUT2D eigenvalue weighted by molar-refractivity contribution is -0.167. The quantitative estimate of drug-likeness (QED) is 0.0343. The summed E-state index contributed by atoms with van der Waals surface area (Å²) in [5.74, 6) is -0.835. The van der Waals surface area contributed by atoms with E-state index in [1.54, 1.807) is 0 Å². The molecule has 0 radical (unpaired) electrons. The van der Waals surface area contributed by atoms with Gasteiger partial charge in [-0.1, -0.05) is 380 Å². The zero-order valence-electron chi connectivity index (χ0n) is 52.8. The second kappa shape index (κ2) is 66.9. The standard InChI is InChI=1S/C71H138O6/c1-4-7-10-13-16-18-20-22-24-26-28-29-30-31-32-33-34-35-36-37-38-39-40-41-42-43-45-46-48-50-52-55-58-61-64-70(73)76-67-68(66-75-69(72)63-60-57-54-15-12-9-6-3)77-71(74)65-62-59-56-53-51-49-47-44-27-25-23-21-19-17-14-11-8-5-2/h68H,4-67H2,1-3H3. The van der Waals surface area contributed by atoms with Gasteiger partial charge in [0.2, 0.25) is 0 Å². The second-order valence-corrected chi connectivity index (χ2v) is 24.5. The SMILES string of the molecule is CCCCCCCCCCCCCCCCCCCCCCCCCCCCCCCCCCCCC(=O)OCC(COC(=O)CCCCCCCCC)OC(=O)CCCCCCCCCCCCCCCCCCCC. The Morgan fingerprint density at radius 3 is 0.519 bits per heavy atom. The molecule has 0 aliphatic rings. The molecule has 0 fully saturated rings. The molecule has 0 aromatic rings. The molecule has 0 amide bonds. The van der Waals surface area contributed by atoms with Crippen LogP contribution in [0.1, 0.15) is 419 Å². The van der Waals surface area contributed by atoms with Crippen LogP contribution < -0.4 is 0 Å². The first kappa shape index (κ1) is 75.4. The summed E-state index contributed by atoms with van der Waals surface area (Å²) < 4.78 is 16.9. The number of unbranched alkanes of at least 4 members (excludes halogenated alkanes) is 56. The van der Waals surface area contributed by atoms with Gasteiger partial charge in [0.1, 0.15) is 13.2 Å². The van der Waals surface area contributed by atoms with E-state index in [1.165, 1.54) is 321 Å². The molecule has 458 valence electrons. The minimum absolute atomic E-state index is 0.0614. The van der Waals surface area contributed by atoms with Crippen molar-refractivity contribution < 1.29 is 28.6 Å². The summed E-state index contributed by atoms with van der Waals surface area (Å²) in [6, 6.07) is 0. The molecular formula is C71H138O6. The molecule has 0 saturated heterocycles. The molecule has 0 aliphatic heterocycles. The molecule has 0 N–H and O–H groups in total. The van der Waals surface area contributed by atoms with Crippen LogP contribution in [0.4, 0.5) is 0 Å². The van der Waals surface area contributed by atoms with Gasteiger partial charge in [-0.15, -0.1) is 0 Å². The summed E-state index contributed by atoms with van der Waals surface area (Å²) in [5, 5.41) is 0. The van der Waals surface area contributed by atoms with E-state index in [0.717, 1.165) is 57.8 Å². The number of esters is 3. The van der Waals surface area contributed by atoms with Crippen LogP contribution in [0.2, 0.25) is 0 Å². The Balaban J connectivity index is 3.90. The number of carbonyl (C=O) groups excluding carboxylic acids is 3. The first-order valence-corrected chi connectivity index (χ1v) is 35.5. The van der Waals surface area contributed by atoms with Crippen molar-refractivity contribution in [2.45, 2.75) is 425 Å². The van der Waals surface area contributed by atoms with E-state index >= 15 is 0 Å². The Hall–Kier alpha value is -1.59. The third-order valence-corrected chi connectivity index (χ3v) is 16.6. The summed E-state index contributed by atoms with van der Waals surface area (Å²) in [5.41, 5.74) is 0. The zero-order chi connectivity index (χ0) is 55.7. The van der Waals surface area contributed by atoms with Crippen molar-refractivity contribution >= 4 is 17.9 Å². The summed E-state index contributed by atoms with van der Waals surface area (Å²) in [4.78, 5) is 38.1. The molecule has 1 atom stereocenters. The molecule has 0 spiro atoms. The Labute approximate surface area is 482 Å². The van der Waals surface area contributed by atoms with Gasteiger partial charge < -0.3 is 14.2 Å². The maximum atomic E-state index is 12.9. The molecule has 0 saturated carbocycles. The minimum Gasteiger partial charge on any atom is -0.462 e. The van der Waals surface area contributed by atoms with Crippen molar-refractivity contribution in [1.82, 2.24) is 0 Å². The largest absolute Gasteiger partial charge is 0.462 e. The van der Waals surface area contributed by atoms with Gasteiger partial charge in [-0.2, -0.15) is 0 Å². The highest BCUT2D eigenvalue weighted by Gasteiger charge is 2.19. The molecule has 6 heteroatoms. The van der Waals surface area contributed by atoms with Crippen LogP contribution in [-0.2, 0) is 28.6 Å². The second-order valence-electron chi connectivity index (χ2n) is 24.5. The minimum atomic E-state index is -0.761. The summed E-state index contributed by atoms with van der Waals surface area (Å²) in [6.45, 7) is 6.69. The molecule has 0 aromatic heterocycles. The number of hydrogen-bond donors (Lipinski definition) is 0. The van der Waals surface area contributed by atoms with Crippen LogP contribution in [0.3, 0.4) is 0 Å². The van der Waals surface area contributed by atoms with Crippen LogP contribution in [-0.4, -0.2) is 37.2 Å². The lowest BCUT2D eigenvalue weighted by Gasteiger charge is -2.18. The van der Waals surface area contributed by atoms with Crippen molar-refractivity contribution in [2.24, 2.45) is 0 Å². The van der Waals surface area contributed by atoms with Crippen molar-refractivity contribution in [2.75, 3.05) is 13.2 Å². The molecule has 6 nitrogen and oxygen atoms in total. The Bertz CT molecular complexity index is 1160. The fraction of sp³-hybridized carbons (Fsp3) is 0.958. The van der Waals surface area contributed by atoms with Gasteiger partial charge in [0.05, 0.1) is 0 Å². The number of hydrogen-bond acceptors (Lipinski definition) is 6. The highest BCUT2D eigenvalue weighted by molar-refractivity contribution is 5.71. The monoisotopic (exact) mass is 1090 g/mol. The van der Waals surface area contributed by atoms with E-state index in [0.29, 0.717) is 19.3 Å². The topological polar surface area (TPSA) is 78.9 Å². The first-order chi connectivity index (χ1) is 38.0. The summed E-state index contributed by atoms with van der Waals surface area (Å²) >= 11 is 0. The molecule has 1 unspecified atom stereocenters. The molecule has 0 aliphatic carbocycles. The van der Waals surface area contributed by atoms with Crippen molar-refractivity contribution in [3.8, 4) is 0 Å². The Morgan fingerprint density at radius 2 is 0.351 bits per heavy atom. The smallest absolute Gasteiger partial charge is 0.306 e. The third-order valence-electron chi connectivity index (χ3n) is 16.6. The summed E-state index contributed by atoms with van der Waals surface area (Å²) in [7, 11) is 0. The van der Waals surface area contributed by atoms with Crippen molar-refractivity contribution in [3.63, 3.8) is 0 Å². The van der Waals surface area contributed by atoms with E-state index in [9.17, 15) is 14.4 Å². The predicted octanol–water partition coefficient (Wildman–Crippen LogP) is 24.2. The normalized spacial score (nSPS) is 11.9. The van der Waals surface area contributed by atoms with Crippen LogP contribution in [0.25, 0.3) is 0 Å². The molecule has 0 bridgehead atoms. The Morgan fingerprint density at radius 1 is 0.208 bits per heavy atom. The van der Waals surface area contributed by atoms with Gasteiger partial charge in [0.15, 0.2) is 6.10 Å². The van der Waals surface area contributed by atoms with Gasteiger partial charge in [-0.05, 0) is 19.3 Å². The fourth-order valence-corrected chi connectivity index (χ4v) is 11.3. The van der Waals surface area contributed by atoms with E-state index in [-0.39, 0.29) is 31.1 Å². The predicted molar refractivity (Wildman–Crippen MR) is 335 cm³/mol. The maximum Gasteiger partial charge on any atom is 0.306 e. The van der Waals surface area contributed by atoms with E-state index < -0.39 is 6.10 Å². The molecule has 0 rings (SSSR count). The van der Waals surface area contributed by atoms with Crippen molar-refractivity contribution in [3.05, 3.63) is 0 Å². The van der Waals surface area contributed by atoms with Gasteiger partial charge in [-0.25, -0.2) is 0 Å². The fourth-order valence-electron chi connectivity index (χ4n) is 11.3.